The van der Waals surface area contributed by atoms with E-state index in [1.165, 1.54) is 4.70 Å². The number of methoxy groups -OCH3 is 1. The lowest BCUT2D eigenvalue weighted by Gasteiger charge is -2.36. The molecule has 1 aliphatic carbocycles. The molecule has 1 saturated carbocycles. The minimum atomic E-state index is 0.312. The SMILES string of the molecule is COc1ccc2sc(N3CCC(N(C)C(=O)C4CC4)CC3)nc2c1. The van der Waals surface area contributed by atoms with Crippen LogP contribution < -0.4 is 9.64 Å². The van der Waals surface area contributed by atoms with E-state index in [9.17, 15) is 4.79 Å². The standard InChI is InChI=1S/C18H23N3O2S/c1-20(17(22)12-3-4-12)13-7-9-21(10-8-13)18-19-15-11-14(23-2)5-6-16(15)24-18/h5-6,11-13H,3-4,7-10H2,1-2H3. The van der Waals surface area contributed by atoms with Crippen LogP contribution in [0.15, 0.2) is 18.2 Å². The maximum absolute atomic E-state index is 12.2. The summed E-state index contributed by atoms with van der Waals surface area (Å²) in [6.45, 7) is 1.92. The summed E-state index contributed by atoms with van der Waals surface area (Å²) in [5.41, 5.74) is 0.998. The van der Waals surface area contributed by atoms with Crippen molar-refractivity contribution in [3.63, 3.8) is 0 Å². The van der Waals surface area contributed by atoms with Crippen molar-refractivity contribution in [1.29, 1.82) is 0 Å². The summed E-state index contributed by atoms with van der Waals surface area (Å²) in [5.74, 6) is 1.51. The molecule has 5 nitrogen and oxygen atoms in total. The largest absolute Gasteiger partial charge is 0.497 e. The molecule has 2 aromatic rings. The number of thiazole rings is 1. The molecule has 128 valence electrons. The number of hydrogen-bond donors (Lipinski definition) is 0. The van der Waals surface area contributed by atoms with Crippen molar-refractivity contribution in [1.82, 2.24) is 9.88 Å². The van der Waals surface area contributed by atoms with Crippen LogP contribution in [0.25, 0.3) is 10.2 Å². The van der Waals surface area contributed by atoms with Crippen molar-refractivity contribution in [3.8, 4) is 5.75 Å². The Morgan fingerprint density at radius 3 is 2.71 bits per heavy atom. The van der Waals surface area contributed by atoms with Gasteiger partial charge in [-0.15, -0.1) is 0 Å². The van der Waals surface area contributed by atoms with Gasteiger partial charge in [0.15, 0.2) is 5.13 Å². The highest BCUT2D eigenvalue weighted by Crippen LogP contribution is 2.34. The number of nitrogens with zero attached hydrogens (tertiary/aromatic N) is 3. The average Bonchev–Trinajstić information content (AvgIpc) is 3.39. The van der Waals surface area contributed by atoms with E-state index >= 15 is 0 Å². The predicted octanol–water partition coefficient (Wildman–Crippen LogP) is 3.14. The van der Waals surface area contributed by atoms with Crippen LogP contribution in [-0.4, -0.2) is 49.1 Å². The van der Waals surface area contributed by atoms with Gasteiger partial charge < -0.3 is 14.5 Å². The summed E-state index contributed by atoms with van der Waals surface area (Å²) >= 11 is 1.73. The van der Waals surface area contributed by atoms with Crippen molar-refractivity contribution in [2.75, 3.05) is 32.1 Å². The highest BCUT2D eigenvalue weighted by molar-refractivity contribution is 7.22. The van der Waals surface area contributed by atoms with E-state index in [1.54, 1.807) is 18.4 Å². The topological polar surface area (TPSA) is 45.7 Å². The van der Waals surface area contributed by atoms with E-state index in [4.69, 9.17) is 9.72 Å². The molecule has 4 rings (SSSR count). The normalized spacial score (nSPS) is 18.8. The number of fused-ring (bicyclic) bond motifs is 1. The van der Waals surface area contributed by atoms with Crippen LogP contribution in [0, 0.1) is 5.92 Å². The number of aromatic nitrogens is 1. The first kappa shape index (κ1) is 15.7. The molecule has 0 bridgehead atoms. The predicted molar refractivity (Wildman–Crippen MR) is 96.9 cm³/mol. The van der Waals surface area contributed by atoms with E-state index in [2.05, 4.69) is 11.0 Å². The van der Waals surface area contributed by atoms with Crippen molar-refractivity contribution in [2.24, 2.45) is 5.92 Å². The molecular formula is C18H23N3O2S. The van der Waals surface area contributed by atoms with Gasteiger partial charge in [-0.05, 0) is 37.8 Å². The third-order valence-corrected chi connectivity index (χ3v) is 6.24. The Morgan fingerprint density at radius 1 is 1.29 bits per heavy atom. The first-order chi connectivity index (χ1) is 11.7. The molecular weight excluding hydrogens is 322 g/mol. The quantitative estimate of drug-likeness (QED) is 0.854. The van der Waals surface area contributed by atoms with Gasteiger partial charge in [0.1, 0.15) is 5.75 Å². The summed E-state index contributed by atoms with van der Waals surface area (Å²) < 4.78 is 6.47. The maximum Gasteiger partial charge on any atom is 0.225 e. The van der Waals surface area contributed by atoms with E-state index in [0.29, 0.717) is 17.9 Å². The fourth-order valence-corrected chi connectivity index (χ4v) is 4.40. The lowest BCUT2D eigenvalue weighted by atomic mass is 10.0. The third kappa shape index (κ3) is 2.95. The number of hydrogen-bond acceptors (Lipinski definition) is 5. The van der Waals surface area contributed by atoms with Gasteiger partial charge in [0, 0.05) is 38.2 Å². The molecule has 2 fully saturated rings. The van der Waals surface area contributed by atoms with Gasteiger partial charge in [-0.2, -0.15) is 0 Å². The van der Waals surface area contributed by atoms with Gasteiger partial charge in [0.05, 0.1) is 17.3 Å². The number of carbonyl (C=O) groups excluding carboxylic acids is 1. The van der Waals surface area contributed by atoms with Crippen LogP contribution in [0.5, 0.6) is 5.75 Å². The van der Waals surface area contributed by atoms with E-state index < -0.39 is 0 Å². The zero-order valence-corrected chi connectivity index (χ0v) is 15.0. The Hall–Kier alpha value is -1.82. The Morgan fingerprint density at radius 2 is 2.04 bits per heavy atom. The molecule has 0 unspecified atom stereocenters. The van der Waals surface area contributed by atoms with Crippen LogP contribution >= 0.6 is 11.3 Å². The highest BCUT2D eigenvalue weighted by Gasteiger charge is 2.35. The van der Waals surface area contributed by atoms with Crippen molar-refractivity contribution < 1.29 is 9.53 Å². The molecule has 1 aromatic heterocycles. The number of ether oxygens (including phenoxy) is 1. The van der Waals surface area contributed by atoms with Gasteiger partial charge >= 0.3 is 0 Å². The monoisotopic (exact) mass is 345 g/mol. The number of anilines is 1. The van der Waals surface area contributed by atoms with E-state index in [0.717, 1.165) is 55.2 Å². The van der Waals surface area contributed by atoms with E-state index in [1.807, 2.05) is 24.1 Å². The highest BCUT2D eigenvalue weighted by atomic mass is 32.1. The van der Waals surface area contributed by atoms with Crippen LogP contribution in [0.3, 0.4) is 0 Å². The van der Waals surface area contributed by atoms with Gasteiger partial charge in [0.2, 0.25) is 5.91 Å². The van der Waals surface area contributed by atoms with Crippen molar-refractivity contribution in [3.05, 3.63) is 18.2 Å². The summed E-state index contributed by atoms with van der Waals surface area (Å²) in [5, 5.41) is 1.08. The Balaban J connectivity index is 1.42. The van der Waals surface area contributed by atoms with Crippen LogP contribution in [0.1, 0.15) is 25.7 Å². The molecule has 24 heavy (non-hydrogen) atoms. The second kappa shape index (κ2) is 6.24. The lowest BCUT2D eigenvalue weighted by molar-refractivity contribution is -0.133. The zero-order valence-electron chi connectivity index (χ0n) is 14.2. The second-order valence-electron chi connectivity index (χ2n) is 6.77. The summed E-state index contributed by atoms with van der Waals surface area (Å²) in [6, 6.07) is 6.42. The molecule has 0 spiro atoms. The Bertz CT molecular complexity index is 748. The molecule has 0 atom stereocenters. The second-order valence-corrected chi connectivity index (χ2v) is 7.78. The maximum atomic E-state index is 12.2. The zero-order chi connectivity index (χ0) is 16.7. The Labute approximate surface area is 146 Å². The average molecular weight is 345 g/mol. The van der Waals surface area contributed by atoms with Crippen molar-refractivity contribution in [2.45, 2.75) is 31.7 Å². The number of rotatable bonds is 4. The molecule has 0 N–H and O–H groups in total. The Kier molecular flexibility index (Phi) is 4.08. The number of piperidine rings is 1. The first-order valence-corrected chi connectivity index (χ1v) is 9.43. The van der Waals surface area contributed by atoms with Gasteiger partial charge in [-0.25, -0.2) is 4.98 Å². The summed E-state index contributed by atoms with van der Waals surface area (Å²) in [6.07, 6.45) is 4.21. The van der Waals surface area contributed by atoms with Crippen LogP contribution in [0.4, 0.5) is 5.13 Å². The molecule has 1 amide bonds. The summed E-state index contributed by atoms with van der Waals surface area (Å²) in [7, 11) is 3.66. The number of carbonyl (C=O) groups is 1. The van der Waals surface area contributed by atoms with E-state index in [-0.39, 0.29) is 0 Å². The van der Waals surface area contributed by atoms with Crippen LogP contribution in [0.2, 0.25) is 0 Å². The van der Waals surface area contributed by atoms with Gasteiger partial charge in [-0.3, -0.25) is 4.79 Å². The molecule has 6 heteroatoms. The third-order valence-electron chi connectivity index (χ3n) is 5.14. The minimum Gasteiger partial charge on any atom is -0.497 e. The van der Waals surface area contributed by atoms with Gasteiger partial charge in [0.25, 0.3) is 0 Å². The molecule has 2 heterocycles. The lowest BCUT2D eigenvalue weighted by Crippen LogP contribution is -2.46. The number of benzene rings is 1. The molecule has 1 aliphatic heterocycles. The van der Waals surface area contributed by atoms with Crippen LogP contribution in [-0.2, 0) is 4.79 Å². The fraction of sp³-hybridized carbons (Fsp3) is 0.556. The molecule has 1 saturated heterocycles. The molecule has 2 aliphatic rings. The van der Waals surface area contributed by atoms with Crippen molar-refractivity contribution >= 4 is 32.6 Å². The minimum absolute atomic E-state index is 0.312. The van der Waals surface area contributed by atoms with Gasteiger partial charge in [-0.1, -0.05) is 11.3 Å². The smallest absolute Gasteiger partial charge is 0.225 e. The number of amides is 1. The molecule has 1 aromatic carbocycles. The summed E-state index contributed by atoms with van der Waals surface area (Å²) in [4.78, 5) is 21.3. The molecule has 0 radical (unpaired) electrons. The fourth-order valence-electron chi connectivity index (χ4n) is 3.40. The first-order valence-electron chi connectivity index (χ1n) is 8.62.